The van der Waals surface area contributed by atoms with Gasteiger partial charge in [-0.3, -0.25) is 5.10 Å². The van der Waals surface area contributed by atoms with Gasteiger partial charge in [0.1, 0.15) is 5.82 Å². The zero-order valence-corrected chi connectivity index (χ0v) is 10.8. The number of aryl methyl sites for hydroxylation is 2. The van der Waals surface area contributed by atoms with E-state index in [2.05, 4.69) is 15.5 Å². The van der Waals surface area contributed by atoms with E-state index in [1.807, 2.05) is 26.1 Å². The minimum Gasteiger partial charge on any atom is -0.312 e. The van der Waals surface area contributed by atoms with Crippen molar-refractivity contribution in [2.75, 3.05) is 6.54 Å². The summed E-state index contributed by atoms with van der Waals surface area (Å²) in [5.74, 6) is -0.168. The maximum atomic E-state index is 12.9. The number of hydrogen-bond acceptors (Lipinski definition) is 2. The van der Waals surface area contributed by atoms with Crippen LogP contribution in [0.4, 0.5) is 4.39 Å². The van der Waals surface area contributed by atoms with Gasteiger partial charge in [0.15, 0.2) is 0 Å². The molecule has 0 atom stereocenters. The van der Waals surface area contributed by atoms with Gasteiger partial charge in [0.25, 0.3) is 0 Å². The highest BCUT2D eigenvalue weighted by molar-refractivity contribution is 5.26. The summed E-state index contributed by atoms with van der Waals surface area (Å²) in [7, 11) is 0. The van der Waals surface area contributed by atoms with Crippen LogP contribution in [0.15, 0.2) is 24.4 Å². The number of H-pyrrole nitrogens is 1. The molecule has 0 aliphatic rings. The number of halogens is 1. The van der Waals surface area contributed by atoms with Crippen LogP contribution in [0.25, 0.3) is 0 Å². The summed E-state index contributed by atoms with van der Waals surface area (Å²) in [5, 5.41) is 10.3. The summed E-state index contributed by atoms with van der Waals surface area (Å²) in [4.78, 5) is 0. The van der Waals surface area contributed by atoms with Crippen molar-refractivity contribution in [2.24, 2.45) is 0 Å². The van der Waals surface area contributed by atoms with Crippen LogP contribution < -0.4 is 5.32 Å². The van der Waals surface area contributed by atoms with Gasteiger partial charge in [-0.2, -0.15) is 5.10 Å². The fourth-order valence-electron chi connectivity index (χ4n) is 1.94. The molecule has 0 saturated heterocycles. The molecule has 2 aromatic rings. The molecule has 0 radical (unpaired) electrons. The van der Waals surface area contributed by atoms with E-state index in [1.165, 1.54) is 17.2 Å². The zero-order valence-electron chi connectivity index (χ0n) is 10.8. The summed E-state index contributed by atoms with van der Waals surface area (Å²) in [6.45, 7) is 5.63. The molecular formula is C14H18FN3. The standard InChI is InChI=1S/C14H18FN3/c1-10-7-14(15)4-3-12(10)5-6-16-8-13-9-17-18-11(13)2/h3-4,7,9,16H,5-6,8H2,1-2H3,(H,17,18). The number of aromatic nitrogens is 2. The summed E-state index contributed by atoms with van der Waals surface area (Å²) < 4.78 is 12.9. The first kappa shape index (κ1) is 12.8. The van der Waals surface area contributed by atoms with E-state index in [1.54, 1.807) is 6.07 Å². The first-order valence-corrected chi connectivity index (χ1v) is 6.11. The van der Waals surface area contributed by atoms with E-state index in [4.69, 9.17) is 0 Å². The Bertz CT molecular complexity index is 520. The molecule has 2 rings (SSSR count). The van der Waals surface area contributed by atoms with Gasteiger partial charge in [0.2, 0.25) is 0 Å². The highest BCUT2D eigenvalue weighted by atomic mass is 19.1. The molecule has 0 aliphatic heterocycles. The van der Waals surface area contributed by atoms with Crippen LogP contribution in [0.1, 0.15) is 22.4 Å². The summed E-state index contributed by atoms with van der Waals surface area (Å²) in [5.41, 5.74) is 4.48. The number of nitrogens with one attached hydrogen (secondary N) is 2. The van der Waals surface area contributed by atoms with Gasteiger partial charge in [-0.05, 0) is 50.1 Å². The third-order valence-corrected chi connectivity index (χ3v) is 3.13. The van der Waals surface area contributed by atoms with Crippen molar-refractivity contribution in [1.29, 1.82) is 0 Å². The van der Waals surface area contributed by atoms with Gasteiger partial charge in [-0.1, -0.05) is 6.07 Å². The van der Waals surface area contributed by atoms with Crippen molar-refractivity contribution < 1.29 is 4.39 Å². The van der Waals surface area contributed by atoms with E-state index in [-0.39, 0.29) is 5.82 Å². The molecule has 0 bridgehead atoms. The first-order chi connectivity index (χ1) is 8.66. The molecule has 1 heterocycles. The van der Waals surface area contributed by atoms with E-state index in [0.717, 1.165) is 30.8 Å². The normalized spacial score (nSPS) is 10.8. The monoisotopic (exact) mass is 247 g/mol. The average Bonchev–Trinajstić information content (AvgIpc) is 2.73. The zero-order chi connectivity index (χ0) is 13.0. The Morgan fingerprint density at radius 1 is 1.28 bits per heavy atom. The third kappa shape index (κ3) is 3.17. The van der Waals surface area contributed by atoms with Crippen LogP contribution >= 0.6 is 0 Å². The number of rotatable bonds is 5. The second-order valence-corrected chi connectivity index (χ2v) is 4.52. The van der Waals surface area contributed by atoms with Crippen molar-refractivity contribution >= 4 is 0 Å². The molecule has 96 valence electrons. The quantitative estimate of drug-likeness (QED) is 0.797. The number of benzene rings is 1. The Morgan fingerprint density at radius 3 is 2.78 bits per heavy atom. The minimum atomic E-state index is -0.168. The molecular weight excluding hydrogens is 229 g/mol. The fourth-order valence-corrected chi connectivity index (χ4v) is 1.94. The second kappa shape index (κ2) is 5.78. The molecule has 0 unspecified atom stereocenters. The fraction of sp³-hybridized carbons (Fsp3) is 0.357. The van der Waals surface area contributed by atoms with Crippen LogP contribution in [0.5, 0.6) is 0 Å². The van der Waals surface area contributed by atoms with Crippen molar-refractivity contribution in [2.45, 2.75) is 26.8 Å². The first-order valence-electron chi connectivity index (χ1n) is 6.11. The lowest BCUT2D eigenvalue weighted by molar-refractivity contribution is 0.624. The van der Waals surface area contributed by atoms with Crippen LogP contribution in [-0.2, 0) is 13.0 Å². The largest absolute Gasteiger partial charge is 0.312 e. The molecule has 3 nitrogen and oxygen atoms in total. The molecule has 0 saturated carbocycles. The van der Waals surface area contributed by atoms with Gasteiger partial charge in [0, 0.05) is 17.8 Å². The lowest BCUT2D eigenvalue weighted by atomic mass is 10.1. The van der Waals surface area contributed by atoms with Gasteiger partial charge in [-0.15, -0.1) is 0 Å². The van der Waals surface area contributed by atoms with E-state index in [0.29, 0.717) is 0 Å². The maximum Gasteiger partial charge on any atom is 0.123 e. The minimum absolute atomic E-state index is 0.168. The summed E-state index contributed by atoms with van der Waals surface area (Å²) in [6.07, 6.45) is 2.74. The second-order valence-electron chi connectivity index (χ2n) is 4.52. The number of aromatic amines is 1. The highest BCUT2D eigenvalue weighted by Crippen LogP contribution is 2.10. The smallest absolute Gasteiger partial charge is 0.123 e. The SMILES string of the molecule is Cc1cc(F)ccc1CCNCc1cn[nH]c1C. The van der Waals surface area contributed by atoms with Crippen LogP contribution in [0, 0.1) is 19.7 Å². The van der Waals surface area contributed by atoms with Crippen LogP contribution in [0.2, 0.25) is 0 Å². The van der Waals surface area contributed by atoms with Crippen molar-refractivity contribution in [3.63, 3.8) is 0 Å². The van der Waals surface area contributed by atoms with Crippen molar-refractivity contribution in [3.8, 4) is 0 Å². The molecule has 4 heteroatoms. The Kier molecular flexibility index (Phi) is 4.10. The lowest BCUT2D eigenvalue weighted by Gasteiger charge is -2.07. The van der Waals surface area contributed by atoms with Gasteiger partial charge in [-0.25, -0.2) is 4.39 Å². The van der Waals surface area contributed by atoms with Gasteiger partial charge >= 0.3 is 0 Å². The predicted octanol–water partition coefficient (Wildman–Crippen LogP) is 2.50. The van der Waals surface area contributed by atoms with Crippen LogP contribution in [0.3, 0.4) is 0 Å². The average molecular weight is 247 g/mol. The molecule has 0 aliphatic carbocycles. The molecule has 0 spiro atoms. The van der Waals surface area contributed by atoms with Gasteiger partial charge < -0.3 is 5.32 Å². The lowest BCUT2D eigenvalue weighted by Crippen LogP contribution is -2.17. The molecule has 18 heavy (non-hydrogen) atoms. The van der Waals surface area contributed by atoms with Crippen LogP contribution in [-0.4, -0.2) is 16.7 Å². The Morgan fingerprint density at radius 2 is 2.11 bits per heavy atom. The highest BCUT2D eigenvalue weighted by Gasteiger charge is 2.01. The topological polar surface area (TPSA) is 40.7 Å². The van der Waals surface area contributed by atoms with Gasteiger partial charge in [0.05, 0.1) is 6.20 Å². The molecule has 1 aromatic carbocycles. The Balaban J connectivity index is 1.80. The predicted molar refractivity (Wildman–Crippen MR) is 69.9 cm³/mol. The van der Waals surface area contributed by atoms with E-state index < -0.39 is 0 Å². The summed E-state index contributed by atoms with van der Waals surface area (Å²) in [6, 6.07) is 4.95. The third-order valence-electron chi connectivity index (χ3n) is 3.13. The molecule has 0 amide bonds. The Labute approximate surface area is 106 Å². The van der Waals surface area contributed by atoms with Crippen molar-refractivity contribution in [1.82, 2.24) is 15.5 Å². The Hall–Kier alpha value is -1.68. The molecule has 0 fully saturated rings. The van der Waals surface area contributed by atoms with E-state index >= 15 is 0 Å². The maximum absolute atomic E-state index is 12.9. The number of nitrogens with zero attached hydrogens (tertiary/aromatic N) is 1. The van der Waals surface area contributed by atoms with Crippen molar-refractivity contribution in [3.05, 3.63) is 52.6 Å². The summed E-state index contributed by atoms with van der Waals surface area (Å²) >= 11 is 0. The molecule has 1 aromatic heterocycles. The van der Waals surface area contributed by atoms with E-state index in [9.17, 15) is 4.39 Å². The molecule has 2 N–H and O–H groups in total. The number of hydrogen-bond donors (Lipinski definition) is 2.